The molecule has 1 aliphatic rings. The molecule has 3 unspecified atom stereocenters. The minimum atomic E-state index is -0.215. The second-order valence-electron chi connectivity index (χ2n) is 5.13. The first-order chi connectivity index (χ1) is 7.00. The van der Waals surface area contributed by atoms with Crippen LogP contribution >= 0.6 is 0 Å². The van der Waals surface area contributed by atoms with Crippen LogP contribution in [0.25, 0.3) is 0 Å². The predicted octanol–water partition coefficient (Wildman–Crippen LogP) is 3.70. The minimum Gasteiger partial charge on any atom is -0.392 e. The molecule has 0 bridgehead atoms. The van der Waals surface area contributed by atoms with Crippen molar-refractivity contribution in [3.63, 3.8) is 0 Å². The zero-order chi connectivity index (χ0) is 11.5. The summed E-state index contributed by atoms with van der Waals surface area (Å²) in [5, 5.41) is 10.2. The molecule has 0 aromatic heterocycles. The van der Waals surface area contributed by atoms with Crippen LogP contribution in [-0.2, 0) is 0 Å². The summed E-state index contributed by atoms with van der Waals surface area (Å²) < 4.78 is 0. The van der Waals surface area contributed by atoms with Crippen LogP contribution in [0.2, 0.25) is 0 Å². The molecule has 1 rings (SSSR count). The summed E-state index contributed by atoms with van der Waals surface area (Å²) in [5.41, 5.74) is 1.53. The summed E-state index contributed by atoms with van der Waals surface area (Å²) in [6.07, 6.45) is 9.21. The molecule has 15 heavy (non-hydrogen) atoms. The Morgan fingerprint density at radius 3 is 2.87 bits per heavy atom. The molecule has 0 spiro atoms. The normalized spacial score (nSPS) is 34.2. The van der Waals surface area contributed by atoms with E-state index in [4.69, 9.17) is 0 Å². The van der Waals surface area contributed by atoms with Gasteiger partial charge in [-0.15, -0.1) is 0 Å². The number of rotatable bonds is 3. The summed E-state index contributed by atoms with van der Waals surface area (Å²) >= 11 is 0. The minimum absolute atomic E-state index is 0.0546. The quantitative estimate of drug-likeness (QED) is 0.701. The van der Waals surface area contributed by atoms with Crippen LogP contribution < -0.4 is 0 Å². The molecule has 0 aromatic carbocycles. The maximum Gasteiger partial charge on any atom is 0.0633 e. The van der Waals surface area contributed by atoms with Gasteiger partial charge in [0.25, 0.3) is 0 Å². The predicted molar refractivity (Wildman–Crippen MR) is 65.7 cm³/mol. The van der Waals surface area contributed by atoms with Crippen molar-refractivity contribution in [2.24, 2.45) is 11.3 Å². The van der Waals surface area contributed by atoms with E-state index >= 15 is 0 Å². The zero-order valence-corrected chi connectivity index (χ0v) is 10.5. The van der Waals surface area contributed by atoms with E-state index in [2.05, 4.69) is 32.9 Å². The SMILES string of the molecule is CC=CCC(O)C1(C)CCC(C)=CC1C. The molecule has 0 aromatic rings. The average Bonchev–Trinajstić information content (AvgIpc) is 2.20. The molecule has 1 nitrogen and oxygen atoms in total. The van der Waals surface area contributed by atoms with Crippen molar-refractivity contribution in [3.05, 3.63) is 23.8 Å². The fourth-order valence-corrected chi connectivity index (χ4v) is 2.40. The van der Waals surface area contributed by atoms with Gasteiger partial charge < -0.3 is 5.11 Å². The first-order valence-electron chi connectivity index (χ1n) is 5.97. The van der Waals surface area contributed by atoms with E-state index in [1.807, 2.05) is 13.0 Å². The molecule has 1 N–H and O–H groups in total. The van der Waals surface area contributed by atoms with Crippen molar-refractivity contribution in [2.45, 2.75) is 53.1 Å². The van der Waals surface area contributed by atoms with Crippen LogP contribution in [0.4, 0.5) is 0 Å². The Labute approximate surface area is 93.9 Å². The topological polar surface area (TPSA) is 20.2 Å². The first kappa shape index (κ1) is 12.5. The van der Waals surface area contributed by atoms with E-state index in [9.17, 15) is 5.11 Å². The van der Waals surface area contributed by atoms with E-state index in [0.717, 1.165) is 19.3 Å². The molecule has 3 atom stereocenters. The van der Waals surface area contributed by atoms with Crippen LogP contribution in [0.1, 0.15) is 47.0 Å². The highest BCUT2D eigenvalue weighted by atomic mass is 16.3. The summed E-state index contributed by atoms with van der Waals surface area (Å²) in [5.74, 6) is 0.478. The molecule has 0 radical (unpaired) electrons. The van der Waals surface area contributed by atoms with Gasteiger partial charge in [-0.1, -0.05) is 37.6 Å². The van der Waals surface area contributed by atoms with Gasteiger partial charge in [-0.2, -0.15) is 0 Å². The molecule has 0 aliphatic heterocycles. The lowest BCUT2D eigenvalue weighted by Crippen LogP contribution is -2.39. The Kier molecular flexibility index (Phi) is 4.15. The van der Waals surface area contributed by atoms with Crippen molar-refractivity contribution in [2.75, 3.05) is 0 Å². The molecule has 86 valence electrons. The van der Waals surface area contributed by atoms with Gasteiger partial charge in [0.2, 0.25) is 0 Å². The lowest BCUT2D eigenvalue weighted by molar-refractivity contribution is 0.00306. The van der Waals surface area contributed by atoms with Gasteiger partial charge >= 0.3 is 0 Å². The van der Waals surface area contributed by atoms with Crippen molar-refractivity contribution >= 4 is 0 Å². The fraction of sp³-hybridized carbons (Fsp3) is 0.714. The summed E-state index contributed by atoms with van der Waals surface area (Å²) in [6.45, 7) is 8.63. The third-order valence-corrected chi connectivity index (χ3v) is 3.99. The van der Waals surface area contributed by atoms with Crippen LogP contribution in [-0.4, -0.2) is 11.2 Å². The Morgan fingerprint density at radius 2 is 2.33 bits per heavy atom. The van der Waals surface area contributed by atoms with E-state index in [1.165, 1.54) is 5.57 Å². The number of aliphatic hydroxyl groups excluding tert-OH is 1. The Bertz CT molecular complexity index is 265. The van der Waals surface area contributed by atoms with Crippen LogP contribution in [0.3, 0.4) is 0 Å². The lowest BCUT2D eigenvalue weighted by Gasteiger charge is -2.41. The van der Waals surface area contributed by atoms with Crippen molar-refractivity contribution in [1.29, 1.82) is 0 Å². The van der Waals surface area contributed by atoms with Crippen LogP contribution in [0.5, 0.6) is 0 Å². The fourth-order valence-electron chi connectivity index (χ4n) is 2.40. The maximum atomic E-state index is 10.2. The van der Waals surface area contributed by atoms with Gasteiger partial charge in [0.15, 0.2) is 0 Å². The molecule has 1 aliphatic carbocycles. The molecule has 1 heteroatoms. The Morgan fingerprint density at radius 1 is 1.67 bits per heavy atom. The molecular weight excluding hydrogens is 184 g/mol. The van der Waals surface area contributed by atoms with E-state index < -0.39 is 0 Å². The third kappa shape index (κ3) is 2.72. The number of aliphatic hydroxyl groups is 1. The monoisotopic (exact) mass is 208 g/mol. The second kappa shape index (κ2) is 4.98. The van der Waals surface area contributed by atoms with Gasteiger partial charge in [-0.25, -0.2) is 0 Å². The second-order valence-corrected chi connectivity index (χ2v) is 5.13. The van der Waals surface area contributed by atoms with Gasteiger partial charge in [0.05, 0.1) is 6.10 Å². The first-order valence-corrected chi connectivity index (χ1v) is 5.97. The molecular formula is C14H24O. The molecule has 0 heterocycles. The number of hydrogen-bond acceptors (Lipinski definition) is 1. The van der Waals surface area contributed by atoms with E-state index in [-0.39, 0.29) is 11.5 Å². The van der Waals surface area contributed by atoms with E-state index in [0.29, 0.717) is 5.92 Å². The highest BCUT2D eigenvalue weighted by Gasteiger charge is 2.38. The van der Waals surface area contributed by atoms with Gasteiger partial charge in [-0.3, -0.25) is 0 Å². The summed E-state index contributed by atoms with van der Waals surface area (Å²) in [7, 11) is 0. The number of hydrogen-bond donors (Lipinski definition) is 1. The number of allylic oxidation sites excluding steroid dienone is 3. The third-order valence-electron chi connectivity index (χ3n) is 3.99. The molecule has 0 amide bonds. The van der Waals surface area contributed by atoms with Crippen molar-refractivity contribution in [1.82, 2.24) is 0 Å². The molecule has 0 fully saturated rings. The smallest absolute Gasteiger partial charge is 0.0633 e. The largest absolute Gasteiger partial charge is 0.392 e. The van der Waals surface area contributed by atoms with Crippen molar-refractivity contribution in [3.8, 4) is 0 Å². The lowest BCUT2D eigenvalue weighted by atomic mass is 9.66. The molecule has 0 saturated carbocycles. The van der Waals surface area contributed by atoms with Gasteiger partial charge in [-0.05, 0) is 39.0 Å². The average molecular weight is 208 g/mol. The Balaban J connectivity index is 2.74. The molecule has 0 saturated heterocycles. The van der Waals surface area contributed by atoms with Crippen molar-refractivity contribution < 1.29 is 5.11 Å². The summed E-state index contributed by atoms with van der Waals surface area (Å²) in [4.78, 5) is 0. The summed E-state index contributed by atoms with van der Waals surface area (Å²) in [6, 6.07) is 0. The maximum absolute atomic E-state index is 10.2. The van der Waals surface area contributed by atoms with Gasteiger partial charge in [0, 0.05) is 5.41 Å². The highest BCUT2D eigenvalue weighted by molar-refractivity contribution is 5.11. The highest BCUT2D eigenvalue weighted by Crippen LogP contribution is 2.43. The van der Waals surface area contributed by atoms with Crippen LogP contribution in [0, 0.1) is 11.3 Å². The standard InChI is InChI=1S/C14H24O/c1-5-6-7-13(15)14(4)9-8-11(2)10-12(14)3/h5-6,10,12-13,15H,7-9H2,1-4H3. The van der Waals surface area contributed by atoms with Crippen LogP contribution in [0.15, 0.2) is 23.8 Å². The van der Waals surface area contributed by atoms with Gasteiger partial charge in [0.1, 0.15) is 0 Å². The Hall–Kier alpha value is -0.560. The zero-order valence-electron chi connectivity index (χ0n) is 10.5. The van der Waals surface area contributed by atoms with E-state index in [1.54, 1.807) is 0 Å².